The Bertz CT molecular complexity index is 1120. The second-order valence-corrected chi connectivity index (χ2v) is 6.30. The van der Waals surface area contributed by atoms with Gasteiger partial charge < -0.3 is 14.7 Å². The van der Waals surface area contributed by atoms with Crippen LogP contribution in [0.2, 0.25) is 0 Å². The van der Waals surface area contributed by atoms with E-state index in [-0.39, 0.29) is 5.91 Å². The van der Waals surface area contributed by atoms with Crippen molar-refractivity contribution in [1.82, 2.24) is 15.3 Å². The Labute approximate surface area is 149 Å². The number of carbonyl (C=O) groups excluding carboxylic acids is 1. The SMILES string of the molecule is O=C(CCc1ccc2oc(=O)[nH]c2c1)NCCc1c[nH]c2ccccc12. The minimum absolute atomic E-state index is 0.0191. The summed E-state index contributed by atoms with van der Waals surface area (Å²) in [5.41, 5.74) is 4.49. The molecule has 0 aliphatic carbocycles. The number of aromatic nitrogens is 2. The molecule has 0 spiro atoms. The van der Waals surface area contributed by atoms with Gasteiger partial charge in [0.25, 0.3) is 0 Å². The van der Waals surface area contributed by atoms with E-state index in [1.165, 1.54) is 10.9 Å². The van der Waals surface area contributed by atoms with E-state index in [2.05, 4.69) is 21.4 Å². The molecule has 3 N–H and O–H groups in total. The van der Waals surface area contributed by atoms with Crippen LogP contribution in [0.15, 0.2) is 57.9 Å². The second-order valence-electron chi connectivity index (χ2n) is 6.30. The van der Waals surface area contributed by atoms with Crippen LogP contribution in [0.5, 0.6) is 0 Å². The molecule has 2 aromatic carbocycles. The molecule has 132 valence electrons. The number of nitrogens with one attached hydrogen (secondary N) is 3. The number of amides is 1. The third kappa shape index (κ3) is 3.39. The van der Waals surface area contributed by atoms with Gasteiger partial charge in [-0.15, -0.1) is 0 Å². The highest BCUT2D eigenvalue weighted by Gasteiger charge is 2.07. The summed E-state index contributed by atoms with van der Waals surface area (Å²) < 4.78 is 4.97. The lowest BCUT2D eigenvalue weighted by atomic mass is 10.1. The van der Waals surface area contributed by atoms with Crippen molar-refractivity contribution in [1.29, 1.82) is 0 Å². The van der Waals surface area contributed by atoms with E-state index < -0.39 is 5.76 Å². The molecular weight excluding hydrogens is 330 g/mol. The first-order valence-electron chi connectivity index (χ1n) is 8.62. The van der Waals surface area contributed by atoms with Gasteiger partial charge in [-0.2, -0.15) is 0 Å². The summed E-state index contributed by atoms with van der Waals surface area (Å²) in [6, 6.07) is 13.6. The van der Waals surface area contributed by atoms with Gasteiger partial charge in [0.2, 0.25) is 5.91 Å². The smallest absolute Gasteiger partial charge is 0.408 e. The monoisotopic (exact) mass is 349 g/mol. The molecule has 0 aliphatic heterocycles. The van der Waals surface area contributed by atoms with Crippen LogP contribution in [0.1, 0.15) is 17.5 Å². The molecule has 2 aromatic heterocycles. The van der Waals surface area contributed by atoms with Gasteiger partial charge in [-0.1, -0.05) is 24.3 Å². The average molecular weight is 349 g/mol. The maximum absolute atomic E-state index is 12.1. The molecule has 2 heterocycles. The van der Waals surface area contributed by atoms with Gasteiger partial charge in [0.05, 0.1) is 5.52 Å². The van der Waals surface area contributed by atoms with Gasteiger partial charge in [-0.3, -0.25) is 9.78 Å². The van der Waals surface area contributed by atoms with E-state index in [1.807, 2.05) is 36.5 Å². The quantitative estimate of drug-likeness (QED) is 0.500. The van der Waals surface area contributed by atoms with Crippen LogP contribution >= 0.6 is 0 Å². The largest absolute Gasteiger partial charge is 0.417 e. The number of H-pyrrole nitrogens is 2. The van der Waals surface area contributed by atoms with Gasteiger partial charge >= 0.3 is 5.76 Å². The van der Waals surface area contributed by atoms with Crippen LogP contribution in [-0.2, 0) is 17.6 Å². The molecule has 6 nitrogen and oxygen atoms in total. The fourth-order valence-electron chi connectivity index (χ4n) is 3.18. The molecule has 0 atom stereocenters. The lowest BCUT2D eigenvalue weighted by Crippen LogP contribution is -2.25. The number of benzene rings is 2. The summed E-state index contributed by atoms with van der Waals surface area (Å²) in [6.07, 6.45) is 3.80. The number of hydrogen-bond acceptors (Lipinski definition) is 3. The summed E-state index contributed by atoms with van der Waals surface area (Å²) in [6.45, 7) is 0.606. The van der Waals surface area contributed by atoms with Crippen molar-refractivity contribution in [3.63, 3.8) is 0 Å². The van der Waals surface area contributed by atoms with E-state index >= 15 is 0 Å². The normalized spacial score (nSPS) is 11.2. The van der Waals surface area contributed by atoms with E-state index in [0.29, 0.717) is 30.5 Å². The Morgan fingerprint density at radius 2 is 1.96 bits per heavy atom. The van der Waals surface area contributed by atoms with Crippen molar-refractivity contribution < 1.29 is 9.21 Å². The molecular formula is C20H19N3O3. The zero-order chi connectivity index (χ0) is 17.9. The standard InChI is InChI=1S/C20H19N3O3/c24-19(8-6-13-5-7-18-17(11-13)23-20(25)26-18)21-10-9-14-12-22-16-4-2-1-3-15(14)16/h1-5,7,11-12,22H,6,8-10H2,(H,21,24)(H,23,25). The zero-order valence-corrected chi connectivity index (χ0v) is 14.2. The Morgan fingerprint density at radius 3 is 2.88 bits per heavy atom. The van der Waals surface area contributed by atoms with Crippen molar-refractivity contribution >= 4 is 27.9 Å². The molecule has 6 heteroatoms. The molecule has 4 aromatic rings. The van der Waals surface area contributed by atoms with Crippen LogP contribution in [0, 0.1) is 0 Å². The first-order chi connectivity index (χ1) is 12.7. The molecule has 0 fully saturated rings. The summed E-state index contributed by atoms with van der Waals surface area (Å²) in [7, 11) is 0. The lowest BCUT2D eigenvalue weighted by Gasteiger charge is -2.05. The maximum Gasteiger partial charge on any atom is 0.417 e. The molecule has 1 amide bonds. The fourth-order valence-corrected chi connectivity index (χ4v) is 3.18. The van der Waals surface area contributed by atoms with Crippen molar-refractivity contribution in [3.05, 3.63) is 70.3 Å². The van der Waals surface area contributed by atoms with Crippen LogP contribution in [-0.4, -0.2) is 22.4 Å². The van der Waals surface area contributed by atoms with Gasteiger partial charge in [0.15, 0.2) is 5.58 Å². The number of aryl methyl sites for hydroxylation is 1. The van der Waals surface area contributed by atoms with Gasteiger partial charge in [0.1, 0.15) is 0 Å². The first kappa shape index (κ1) is 16.2. The minimum atomic E-state index is -0.466. The number of para-hydroxylation sites is 1. The first-order valence-corrected chi connectivity index (χ1v) is 8.62. The van der Waals surface area contributed by atoms with Crippen LogP contribution in [0.25, 0.3) is 22.0 Å². The Morgan fingerprint density at radius 1 is 1.08 bits per heavy atom. The van der Waals surface area contributed by atoms with Gasteiger partial charge in [-0.25, -0.2) is 4.79 Å². The summed E-state index contributed by atoms with van der Waals surface area (Å²) >= 11 is 0. The number of aromatic amines is 2. The Balaban J connectivity index is 1.29. The van der Waals surface area contributed by atoms with E-state index in [9.17, 15) is 9.59 Å². The second kappa shape index (κ2) is 6.92. The molecule has 0 bridgehead atoms. The third-order valence-corrected chi connectivity index (χ3v) is 4.52. The zero-order valence-electron chi connectivity index (χ0n) is 14.2. The van der Waals surface area contributed by atoms with Gasteiger partial charge in [0, 0.05) is 30.1 Å². The number of fused-ring (bicyclic) bond motifs is 2. The van der Waals surface area contributed by atoms with Crippen molar-refractivity contribution in [2.24, 2.45) is 0 Å². The average Bonchev–Trinajstić information content (AvgIpc) is 3.22. The summed E-state index contributed by atoms with van der Waals surface area (Å²) in [5, 5.41) is 4.17. The molecule has 0 aliphatic rings. The van der Waals surface area contributed by atoms with E-state index in [0.717, 1.165) is 17.5 Å². The molecule has 0 saturated heterocycles. The summed E-state index contributed by atoms with van der Waals surface area (Å²) in [4.78, 5) is 29.1. The highest BCUT2D eigenvalue weighted by atomic mass is 16.4. The topological polar surface area (TPSA) is 90.9 Å². The molecule has 0 unspecified atom stereocenters. The molecule has 26 heavy (non-hydrogen) atoms. The van der Waals surface area contributed by atoms with Crippen molar-refractivity contribution in [2.45, 2.75) is 19.3 Å². The minimum Gasteiger partial charge on any atom is -0.408 e. The van der Waals surface area contributed by atoms with Crippen LogP contribution in [0.3, 0.4) is 0 Å². The van der Waals surface area contributed by atoms with E-state index in [4.69, 9.17) is 4.42 Å². The Kier molecular flexibility index (Phi) is 4.31. The van der Waals surface area contributed by atoms with Crippen LogP contribution in [0.4, 0.5) is 0 Å². The molecule has 0 radical (unpaired) electrons. The number of rotatable bonds is 6. The van der Waals surface area contributed by atoms with Crippen molar-refractivity contribution in [2.75, 3.05) is 6.54 Å². The predicted molar refractivity (Wildman–Crippen MR) is 100 cm³/mol. The maximum atomic E-state index is 12.1. The van der Waals surface area contributed by atoms with Crippen molar-refractivity contribution in [3.8, 4) is 0 Å². The highest BCUT2D eigenvalue weighted by molar-refractivity contribution is 5.83. The fraction of sp³-hybridized carbons (Fsp3) is 0.200. The van der Waals surface area contributed by atoms with Crippen LogP contribution < -0.4 is 11.1 Å². The summed E-state index contributed by atoms with van der Waals surface area (Å²) in [5.74, 6) is -0.446. The lowest BCUT2D eigenvalue weighted by molar-refractivity contribution is -0.121. The van der Waals surface area contributed by atoms with E-state index in [1.54, 1.807) is 6.07 Å². The number of oxazole rings is 1. The molecule has 0 saturated carbocycles. The number of hydrogen-bond donors (Lipinski definition) is 3. The highest BCUT2D eigenvalue weighted by Crippen LogP contribution is 2.17. The Hall–Kier alpha value is -3.28. The van der Waals surface area contributed by atoms with Gasteiger partial charge in [-0.05, 0) is 42.2 Å². The number of carbonyl (C=O) groups is 1. The third-order valence-electron chi connectivity index (χ3n) is 4.52. The predicted octanol–water partition coefficient (Wildman–Crippen LogP) is 2.89. The molecule has 4 rings (SSSR count).